The lowest BCUT2D eigenvalue weighted by Crippen LogP contribution is -2.55. The maximum atomic E-state index is 12.1. The van der Waals surface area contributed by atoms with Crippen LogP contribution in [0.25, 0.3) is 0 Å². The Morgan fingerprint density at radius 1 is 1.29 bits per heavy atom. The van der Waals surface area contributed by atoms with Gasteiger partial charge in [0.05, 0.1) is 25.2 Å². The normalized spacial score (nSPS) is 20.3. The Hall–Kier alpha value is -1.93. The van der Waals surface area contributed by atoms with Crippen molar-refractivity contribution in [2.45, 2.75) is 19.5 Å². The van der Waals surface area contributed by atoms with Gasteiger partial charge in [0.25, 0.3) is 0 Å². The third-order valence-corrected chi connectivity index (χ3v) is 5.60. The number of hydrogen-bond acceptors (Lipinski definition) is 6. The van der Waals surface area contributed by atoms with Gasteiger partial charge in [-0.15, -0.1) is 0 Å². The SMILES string of the molecule is COC(=O)C1CS(=O)(=O)CCN1CC(=O)NCc1ccc(C)cc1. The van der Waals surface area contributed by atoms with Crippen LogP contribution < -0.4 is 5.32 Å². The van der Waals surface area contributed by atoms with E-state index in [1.165, 1.54) is 7.11 Å². The van der Waals surface area contributed by atoms with Gasteiger partial charge in [-0.3, -0.25) is 14.5 Å². The van der Waals surface area contributed by atoms with Gasteiger partial charge in [0.15, 0.2) is 9.84 Å². The number of carbonyl (C=O) groups is 2. The number of benzene rings is 1. The number of nitrogens with one attached hydrogen (secondary N) is 1. The van der Waals surface area contributed by atoms with Crippen LogP contribution in [-0.2, 0) is 30.7 Å². The molecular formula is C16H22N2O5S. The Labute approximate surface area is 141 Å². The number of esters is 1. The Balaban J connectivity index is 1.93. The van der Waals surface area contributed by atoms with Crippen LogP contribution in [0.4, 0.5) is 0 Å². The van der Waals surface area contributed by atoms with Crippen molar-refractivity contribution in [2.24, 2.45) is 0 Å². The maximum Gasteiger partial charge on any atom is 0.324 e. The molecule has 1 saturated heterocycles. The number of amides is 1. The van der Waals surface area contributed by atoms with E-state index in [2.05, 4.69) is 10.1 Å². The largest absolute Gasteiger partial charge is 0.468 e. The van der Waals surface area contributed by atoms with Gasteiger partial charge in [-0.05, 0) is 12.5 Å². The molecule has 0 aliphatic carbocycles. The maximum absolute atomic E-state index is 12.1. The fraction of sp³-hybridized carbons (Fsp3) is 0.500. The van der Waals surface area contributed by atoms with Gasteiger partial charge in [0.1, 0.15) is 6.04 Å². The van der Waals surface area contributed by atoms with Crippen LogP contribution in [0.15, 0.2) is 24.3 Å². The second-order valence-corrected chi connectivity index (χ2v) is 8.11. The summed E-state index contributed by atoms with van der Waals surface area (Å²) in [6, 6.07) is 6.86. The van der Waals surface area contributed by atoms with Crippen LogP contribution in [0.5, 0.6) is 0 Å². The summed E-state index contributed by atoms with van der Waals surface area (Å²) in [7, 11) is -2.08. The van der Waals surface area contributed by atoms with Gasteiger partial charge in [-0.2, -0.15) is 0 Å². The molecule has 1 aliphatic heterocycles. The highest BCUT2D eigenvalue weighted by atomic mass is 32.2. The quantitative estimate of drug-likeness (QED) is 0.742. The third-order valence-electron chi connectivity index (χ3n) is 3.97. The second kappa shape index (κ2) is 7.76. The van der Waals surface area contributed by atoms with E-state index in [1.54, 1.807) is 4.90 Å². The summed E-state index contributed by atoms with van der Waals surface area (Å²) in [6.07, 6.45) is 0. The zero-order valence-corrected chi connectivity index (χ0v) is 14.6. The number of ether oxygens (including phenoxy) is 1. The minimum Gasteiger partial charge on any atom is -0.468 e. The lowest BCUT2D eigenvalue weighted by atomic mass is 10.1. The molecule has 1 fully saturated rings. The topological polar surface area (TPSA) is 92.8 Å². The molecule has 1 N–H and O–H groups in total. The summed E-state index contributed by atoms with van der Waals surface area (Å²) in [5, 5.41) is 2.78. The zero-order chi connectivity index (χ0) is 17.7. The molecule has 132 valence electrons. The number of rotatable bonds is 5. The fourth-order valence-corrected chi connectivity index (χ4v) is 4.04. The van der Waals surface area contributed by atoms with Crippen molar-refractivity contribution >= 4 is 21.7 Å². The monoisotopic (exact) mass is 354 g/mol. The van der Waals surface area contributed by atoms with E-state index >= 15 is 0 Å². The number of nitrogens with zero attached hydrogens (tertiary/aromatic N) is 1. The highest BCUT2D eigenvalue weighted by Crippen LogP contribution is 2.13. The standard InChI is InChI=1S/C16H22N2O5S/c1-12-3-5-13(6-4-12)9-17-15(19)10-18-7-8-24(21,22)11-14(18)16(20)23-2/h3-6,14H,7-11H2,1-2H3,(H,17,19). The summed E-state index contributed by atoms with van der Waals surface area (Å²) in [5.41, 5.74) is 2.11. The molecule has 24 heavy (non-hydrogen) atoms. The van der Waals surface area contributed by atoms with Gasteiger partial charge < -0.3 is 10.1 Å². The van der Waals surface area contributed by atoms with Crippen molar-refractivity contribution in [2.75, 3.05) is 31.7 Å². The molecule has 1 aromatic carbocycles. The Morgan fingerprint density at radius 3 is 2.58 bits per heavy atom. The smallest absolute Gasteiger partial charge is 0.324 e. The van der Waals surface area contributed by atoms with Crippen molar-refractivity contribution < 1.29 is 22.7 Å². The van der Waals surface area contributed by atoms with E-state index in [9.17, 15) is 18.0 Å². The molecular weight excluding hydrogens is 332 g/mol. The average molecular weight is 354 g/mol. The molecule has 0 radical (unpaired) electrons. The van der Waals surface area contributed by atoms with Gasteiger partial charge in [0, 0.05) is 13.1 Å². The van der Waals surface area contributed by atoms with Crippen LogP contribution in [-0.4, -0.2) is 62.9 Å². The van der Waals surface area contributed by atoms with Gasteiger partial charge in [0.2, 0.25) is 5.91 Å². The van der Waals surface area contributed by atoms with Crippen LogP contribution in [0.3, 0.4) is 0 Å². The number of methoxy groups -OCH3 is 1. The van der Waals surface area contributed by atoms with E-state index in [1.807, 2.05) is 31.2 Å². The Morgan fingerprint density at radius 2 is 1.96 bits per heavy atom. The summed E-state index contributed by atoms with van der Waals surface area (Å²) in [6.45, 7) is 2.47. The molecule has 0 aromatic heterocycles. The molecule has 2 rings (SSSR count). The molecule has 8 heteroatoms. The fourth-order valence-electron chi connectivity index (χ4n) is 2.53. The molecule has 1 atom stereocenters. The molecule has 7 nitrogen and oxygen atoms in total. The minimum absolute atomic E-state index is 0.0405. The summed E-state index contributed by atoms with van der Waals surface area (Å²) >= 11 is 0. The average Bonchev–Trinajstić information content (AvgIpc) is 2.55. The lowest BCUT2D eigenvalue weighted by molar-refractivity contribution is -0.146. The highest BCUT2D eigenvalue weighted by molar-refractivity contribution is 7.91. The Bertz CT molecular complexity index is 700. The molecule has 1 amide bonds. The summed E-state index contributed by atoms with van der Waals surface area (Å²) in [5.74, 6) is -1.27. The second-order valence-electron chi connectivity index (χ2n) is 5.89. The zero-order valence-electron chi connectivity index (χ0n) is 13.8. The number of sulfone groups is 1. The molecule has 1 aliphatic rings. The van der Waals surface area contributed by atoms with Crippen molar-refractivity contribution in [3.63, 3.8) is 0 Å². The number of aryl methyl sites for hydroxylation is 1. The van der Waals surface area contributed by atoms with Crippen LogP contribution in [0, 0.1) is 6.92 Å². The minimum atomic E-state index is -3.29. The number of carbonyl (C=O) groups excluding carboxylic acids is 2. The van der Waals surface area contributed by atoms with Crippen LogP contribution in [0.2, 0.25) is 0 Å². The van der Waals surface area contributed by atoms with E-state index in [0.717, 1.165) is 11.1 Å². The first-order valence-corrected chi connectivity index (χ1v) is 9.47. The van der Waals surface area contributed by atoms with E-state index < -0.39 is 21.8 Å². The van der Waals surface area contributed by atoms with Gasteiger partial charge in [-0.1, -0.05) is 29.8 Å². The predicted molar refractivity (Wildman–Crippen MR) is 89.1 cm³/mol. The first kappa shape index (κ1) is 18.4. The lowest BCUT2D eigenvalue weighted by Gasteiger charge is -2.32. The van der Waals surface area contributed by atoms with Gasteiger partial charge >= 0.3 is 5.97 Å². The first-order chi connectivity index (χ1) is 11.3. The van der Waals surface area contributed by atoms with E-state index in [4.69, 9.17) is 0 Å². The van der Waals surface area contributed by atoms with Crippen molar-refractivity contribution in [3.05, 3.63) is 35.4 Å². The van der Waals surface area contributed by atoms with Crippen LogP contribution in [0.1, 0.15) is 11.1 Å². The molecule has 0 saturated carbocycles. The molecule has 0 spiro atoms. The third kappa shape index (κ3) is 5.04. The van der Waals surface area contributed by atoms with E-state index in [0.29, 0.717) is 6.54 Å². The van der Waals surface area contributed by atoms with Crippen molar-refractivity contribution in [1.29, 1.82) is 0 Å². The molecule has 1 unspecified atom stereocenters. The number of hydrogen-bond donors (Lipinski definition) is 1. The molecule has 1 aromatic rings. The van der Waals surface area contributed by atoms with E-state index in [-0.39, 0.29) is 30.5 Å². The first-order valence-electron chi connectivity index (χ1n) is 7.65. The molecule has 1 heterocycles. The summed E-state index contributed by atoms with van der Waals surface area (Å²) in [4.78, 5) is 25.5. The van der Waals surface area contributed by atoms with Crippen LogP contribution >= 0.6 is 0 Å². The summed E-state index contributed by atoms with van der Waals surface area (Å²) < 4.78 is 28.1. The van der Waals surface area contributed by atoms with Gasteiger partial charge in [-0.25, -0.2) is 8.42 Å². The van der Waals surface area contributed by atoms with Crippen molar-refractivity contribution in [1.82, 2.24) is 10.2 Å². The highest BCUT2D eigenvalue weighted by Gasteiger charge is 2.37. The predicted octanol–water partition coefficient (Wildman–Crippen LogP) is -0.117. The van der Waals surface area contributed by atoms with Crippen molar-refractivity contribution in [3.8, 4) is 0 Å². The molecule has 0 bridgehead atoms. The Kier molecular flexibility index (Phi) is 5.95.